The lowest BCUT2D eigenvalue weighted by Gasteiger charge is -2.26. The number of para-hydroxylation sites is 1. The van der Waals surface area contributed by atoms with Crippen molar-refractivity contribution in [3.63, 3.8) is 0 Å². The van der Waals surface area contributed by atoms with E-state index in [4.69, 9.17) is 18.9 Å². The van der Waals surface area contributed by atoms with Crippen molar-refractivity contribution < 1.29 is 23.7 Å². The van der Waals surface area contributed by atoms with Crippen molar-refractivity contribution in [1.29, 1.82) is 0 Å². The number of hydrogen-bond acceptors (Lipinski definition) is 8. The van der Waals surface area contributed by atoms with Gasteiger partial charge in [0.15, 0.2) is 16.3 Å². The molecule has 39 heavy (non-hydrogen) atoms. The molecule has 9 heteroatoms. The predicted molar refractivity (Wildman–Crippen MR) is 151 cm³/mol. The van der Waals surface area contributed by atoms with Crippen LogP contribution in [0.15, 0.2) is 63.5 Å². The third kappa shape index (κ3) is 5.93. The number of aromatic nitrogens is 1. The number of hydrogen-bond donors (Lipinski definition) is 0. The first kappa shape index (κ1) is 28.2. The molecule has 0 radical (unpaired) electrons. The first-order valence-electron chi connectivity index (χ1n) is 13.1. The van der Waals surface area contributed by atoms with E-state index in [-0.39, 0.29) is 18.3 Å². The number of thiazole rings is 1. The van der Waals surface area contributed by atoms with Crippen molar-refractivity contribution in [1.82, 2.24) is 4.57 Å². The SMILES string of the molecule is CCOC(=O)C1=C(C)N=c2s/c(=C\c3ccc(OCC)c(OCC)c3)c(=O)n2[C@@H]1c1ccccc1OC(C)C. The summed E-state index contributed by atoms with van der Waals surface area (Å²) in [7, 11) is 0. The second-order valence-electron chi connectivity index (χ2n) is 9.08. The standard InChI is InChI=1S/C30H34N2O6S/c1-7-35-23-15-14-20(16-24(23)36-8-2)17-25-28(33)32-27(21-12-10-11-13-22(21)38-18(4)5)26(29(34)37-9-3)19(6)31-30(32)39-25/h10-18,27H,7-9H2,1-6H3/b25-17-/t27-/m1/s1. The predicted octanol–water partition coefficient (Wildman–Crippen LogP) is 4.38. The highest BCUT2D eigenvalue weighted by molar-refractivity contribution is 7.07. The fourth-order valence-electron chi connectivity index (χ4n) is 4.46. The van der Waals surface area contributed by atoms with Gasteiger partial charge in [0, 0.05) is 5.56 Å². The molecule has 206 valence electrons. The molecule has 2 aromatic carbocycles. The summed E-state index contributed by atoms with van der Waals surface area (Å²) < 4.78 is 25.0. The van der Waals surface area contributed by atoms with Crippen LogP contribution in [0.1, 0.15) is 58.7 Å². The Bertz CT molecular complexity index is 1570. The molecule has 0 saturated carbocycles. The van der Waals surface area contributed by atoms with Crippen molar-refractivity contribution in [3.8, 4) is 17.2 Å². The molecular formula is C30H34N2O6S. The normalized spacial score (nSPS) is 15.2. The van der Waals surface area contributed by atoms with E-state index in [2.05, 4.69) is 4.99 Å². The minimum Gasteiger partial charge on any atom is -0.491 e. The van der Waals surface area contributed by atoms with Crippen LogP contribution in [0.2, 0.25) is 0 Å². The first-order chi connectivity index (χ1) is 18.8. The average Bonchev–Trinajstić information content (AvgIpc) is 3.19. The third-order valence-corrected chi connectivity index (χ3v) is 6.94. The van der Waals surface area contributed by atoms with Crippen LogP contribution in [0.3, 0.4) is 0 Å². The second kappa shape index (κ2) is 12.3. The van der Waals surface area contributed by atoms with Crippen molar-refractivity contribution in [3.05, 3.63) is 84.5 Å². The summed E-state index contributed by atoms with van der Waals surface area (Å²) in [5.74, 6) is 1.34. The molecule has 0 bridgehead atoms. The molecule has 2 heterocycles. The van der Waals surface area contributed by atoms with Gasteiger partial charge in [-0.2, -0.15) is 0 Å². The fraction of sp³-hybridized carbons (Fsp3) is 0.367. The zero-order chi connectivity index (χ0) is 28.1. The highest BCUT2D eigenvalue weighted by Crippen LogP contribution is 2.36. The Kier molecular flexibility index (Phi) is 8.91. The van der Waals surface area contributed by atoms with Gasteiger partial charge in [-0.15, -0.1) is 0 Å². The van der Waals surface area contributed by atoms with Gasteiger partial charge < -0.3 is 18.9 Å². The summed E-state index contributed by atoms with van der Waals surface area (Å²) >= 11 is 1.27. The van der Waals surface area contributed by atoms with Crippen LogP contribution >= 0.6 is 11.3 Å². The number of benzene rings is 2. The quantitative estimate of drug-likeness (QED) is 0.348. The summed E-state index contributed by atoms with van der Waals surface area (Å²) in [6.45, 7) is 12.4. The molecule has 8 nitrogen and oxygen atoms in total. The lowest BCUT2D eigenvalue weighted by atomic mass is 9.95. The number of nitrogens with zero attached hydrogens (tertiary/aromatic N) is 2. The Hall–Kier alpha value is -3.85. The average molecular weight is 551 g/mol. The Labute approximate surface area is 231 Å². The Morgan fingerprint density at radius 2 is 1.74 bits per heavy atom. The van der Waals surface area contributed by atoms with Crippen molar-refractivity contribution in [2.45, 2.75) is 53.7 Å². The maximum absolute atomic E-state index is 14.0. The molecule has 1 atom stereocenters. The lowest BCUT2D eigenvalue weighted by Crippen LogP contribution is -2.40. The van der Waals surface area contributed by atoms with Crippen LogP contribution in [0.5, 0.6) is 17.2 Å². The number of allylic oxidation sites excluding steroid dienone is 1. The van der Waals surface area contributed by atoms with E-state index in [9.17, 15) is 9.59 Å². The molecule has 0 fully saturated rings. The Morgan fingerprint density at radius 1 is 1.03 bits per heavy atom. The van der Waals surface area contributed by atoms with Crippen LogP contribution in [0.4, 0.5) is 0 Å². The summed E-state index contributed by atoms with van der Waals surface area (Å²) in [6, 6.07) is 12.3. The maximum Gasteiger partial charge on any atom is 0.338 e. The van der Waals surface area contributed by atoms with Gasteiger partial charge in [0.25, 0.3) is 5.56 Å². The van der Waals surface area contributed by atoms with Crippen LogP contribution < -0.4 is 29.1 Å². The van der Waals surface area contributed by atoms with E-state index in [0.717, 1.165) is 5.56 Å². The van der Waals surface area contributed by atoms with Gasteiger partial charge in [-0.3, -0.25) is 9.36 Å². The third-order valence-electron chi connectivity index (χ3n) is 5.96. The summed E-state index contributed by atoms with van der Waals surface area (Å²) in [6.07, 6.45) is 1.70. The Morgan fingerprint density at radius 3 is 2.44 bits per heavy atom. The van der Waals surface area contributed by atoms with E-state index < -0.39 is 12.0 Å². The number of ether oxygens (including phenoxy) is 4. The number of esters is 1. The molecule has 3 aromatic rings. The molecule has 0 N–H and O–H groups in total. The van der Waals surface area contributed by atoms with E-state index in [1.165, 1.54) is 11.3 Å². The monoisotopic (exact) mass is 550 g/mol. The van der Waals surface area contributed by atoms with E-state index in [0.29, 0.717) is 56.6 Å². The van der Waals surface area contributed by atoms with Gasteiger partial charge in [0.1, 0.15) is 11.8 Å². The minimum absolute atomic E-state index is 0.0997. The van der Waals surface area contributed by atoms with Crippen LogP contribution in [-0.4, -0.2) is 36.5 Å². The van der Waals surface area contributed by atoms with Crippen LogP contribution in [0.25, 0.3) is 6.08 Å². The Balaban J connectivity index is 1.93. The van der Waals surface area contributed by atoms with E-state index >= 15 is 0 Å². The molecule has 1 aromatic heterocycles. The summed E-state index contributed by atoms with van der Waals surface area (Å²) in [4.78, 5) is 32.3. The van der Waals surface area contributed by atoms with Crippen molar-refractivity contribution in [2.75, 3.05) is 19.8 Å². The maximum atomic E-state index is 14.0. The highest BCUT2D eigenvalue weighted by atomic mass is 32.1. The van der Waals surface area contributed by atoms with Crippen molar-refractivity contribution in [2.24, 2.45) is 4.99 Å². The van der Waals surface area contributed by atoms with Gasteiger partial charge in [-0.05, 0) is 71.4 Å². The first-order valence-corrected chi connectivity index (χ1v) is 13.9. The van der Waals surface area contributed by atoms with Crippen LogP contribution in [-0.2, 0) is 9.53 Å². The minimum atomic E-state index is -0.753. The molecule has 0 spiro atoms. The number of fused-ring (bicyclic) bond motifs is 1. The van der Waals surface area contributed by atoms with Gasteiger partial charge in [-0.1, -0.05) is 35.6 Å². The van der Waals surface area contributed by atoms with Gasteiger partial charge in [-0.25, -0.2) is 9.79 Å². The summed E-state index contributed by atoms with van der Waals surface area (Å²) in [5.41, 5.74) is 2.04. The largest absolute Gasteiger partial charge is 0.491 e. The molecular weight excluding hydrogens is 516 g/mol. The number of carbonyl (C=O) groups excluding carboxylic acids is 1. The summed E-state index contributed by atoms with van der Waals surface area (Å²) in [5, 5.41) is 0. The molecule has 0 amide bonds. The zero-order valence-electron chi connectivity index (χ0n) is 23.1. The topological polar surface area (TPSA) is 88.4 Å². The smallest absolute Gasteiger partial charge is 0.338 e. The molecule has 1 aliphatic heterocycles. The highest BCUT2D eigenvalue weighted by Gasteiger charge is 2.35. The van der Waals surface area contributed by atoms with Crippen LogP contribution in [0, 0.1) is 0 Å². The fourth-order valence-corrected chi connectivity index (χ4v) is 5.51. The molecule has 4 rings (SSSR count). The molecule has 1 aliphatic rings. The van der Waals surface area contributed by atoms with E-state index in [1.54, 1.807) is 24.5 Å². The van der Waals surface area contributed by atoms with E-state index in [1.807, 2.05) is 70.2 Å². The lowest BCUT2D eigenvalue weighted by molar-refractivity contribution is -0.139. The molecule has 0 saturated heterocycles. The zero-order valence-corrected chi connectivity index (χ0v) is 24.0. The second-order valence-corrected chi connectivity index (χ2v) is 10.1. The number of rotatable bonds is 10. The van der Waals surface area contributed by atoms with Gasteiger partial charge in [0.05, 0.1) is 41.7 Å². The van der Waals surface area contributed by atoms with Gasteiger partial charge >= 0.3 is 5.97 Å². The molecule has 0 unspecified atom stereocenters. The van der Waals surface area contributed by atoms with Crippen molar-refractivity contribution >= 4 is 23.4 Å². The number of carbonyl (C=O) groups is 1. The van der Waals surface area contributed by atoms with Gasteiger partial charge in [0.2, 0.25) is 0 Å². The molecule has 0 aliphatic carbocycles.